The van der Waals surface area contributed by atoms with Crippen molar-refractivity contribution >= 4 is 5.82 Å². The zero-order valence-corrected chi connectivity index (χ0v) is 11.6. The molecule has 0 aliphatic heterocycles. The van der Waals surface area contributed by atoms with Crippen molar-refractivity contribution in [1.82, 2.24) is 4.98 Å². The van der Waals surface area contributed by atoms with Crippen molar-refractivity contribution in [3.05, 3.63) is 39.7 Å². The number of benzene rings is 1. The topological polar surface area (TPSA) is 136 Å². The third kappa shape index (κ3) is 3.08. The number of nitriles is 2. The maximum absolute atomic E-state index is 12.2. The number of nitrogen functional groups attached to an aromatic ring is 1. The fraction of sp³-hybridized carbons (Fsp3) is 0.0714. The Hall–Kier alpha value is -3.66. The lowest BCUT2D eigenvalue weighted by Gasteiger charge is -2.13. The fourth-order valence-corrected chi connectivity index (χ4v) is 2.03. The highest BCUT2D eigenvalue weighted by Gasteiger charge is 2.31. The van der Waals surface area contributed by atoms with Crippen molar-refractivity contribution in [3.8, 4) is 34.8 Å². The largest absolute Gasteiger partial charge is 0.573 e. The number of H-pyrrole nitrogens is 1. The molecular formula is C14H7F3N4O3. The molecule has 0 unspecified atom stereocenters. The summed E-state index contributed by atoms with van der Waals surface area (Å²) < 4.78 is 40.2. The first-order chi connectivity index (χ1) is 11.2. The van der Waals surface area contributed by atoms with Gasteiger partial charge < -0.3 is 20.6 Å². The zero-order chi connectivity index (χ0) is 18.1. The normalized spacial score (nSPS) is 10.7. The number of phenolic OH excluding ortho intramolecular Hbond substituents is 1. The minimum absolute atomic E-state index is 0.213. The number of nitrogens with zero attached hydrogens (tertiary/aromatic N) is 2. The fourth-order valence-electron chi connectivity index (χ4n) is 2.03. The standard InChI is InChI=1S/C14H7F3N4O3/c15-14(16,17)24-6-1-2-7(10(22)3-6)11-8(4-18)12(20)21-13(23)9(11)5-19/h1-3,22H,(H3,20,21,23). The molecule has 1 heterocycles. The van der Waals surface area contributed by atoms with E-state index in [2.05, 4.69) is 9.72 Å². The molecule has 1 aromatic carbocycles. The molecule has 122 valence electrons. The van der Waals surface area contributed by atoms with E-state index in [0.717, 1.165) is 12.1 Å². The lowest BCUT2D eigenvalue weighted by atomic mass is 9.96. The van der Waals surface area contributed by atoms with Gasteiger partial charge in [-0.2, -0.15) is 10.5 Å². The Balaban J connectivity index is 2.72. The number of hydrogen-bond acceptors (Lipinski definition) is 6. The van der Waals surface area contributed by atoms with Crippen LogP contribution in [0.25, 0.3) is 11.1 Å². The van der Waals surface area contributed by atoms with E-state index in [9.17, 15) is 23.1 Å². The van der Waals surface area contributed by atoms with Crippen molar-refractivity contribution in [2.75, 3.05) is 5.73 Å². The second-order valence-electron chi connectivity index (χ2n) is 4.44. The van der Waals surface area contributed by atoms with Crippen molar-refractivity contribution in [3.63, 3.8) is 0 Å². The molecule has 0 saturated heterocycles. The average molecular weight is 336 g/mol. The number of nitrogens with one attached hydrogen (secondary N) is 1. The number of aromatic hydroxyl groups is 1. The first-order valence-electron chi connectivity index (χ1n) is 6.13. The molecule has 0 radical (unpaired) electrons. The van der Waals surface area contributed by atoms with Crippen molar-refractivity contribution < 1.29 is 23.0 Å². The molecule has 2 rings (SSSR count). The van der Waals surface area contributed by atoms with Crippen molar-refractivity contribution in [2.45, 2.75) is 6.36 Å². The van der Waals surface area contributed by atoms with Gasteiger partial charge in [-0.3, -0.25) is 4.79 Å². The molecule has 0 aliphatic carbocycles. The van der Waals surface area contributed by atoms with E-state index in [1.54, 1.807) is 12.1 Å². The summed E-state index contributed by atoms with van der Waals surface area (Å²) in [6, 6.07) is 5.73. The number of aromatic amines is 1. The summed E-state index contributed by atoms with van der Waals surface area (Å²) in [5.41, 5.74) is 3.30. The Morgan fingerprint density at radius 1 is 1.21 bits per heavy atom. The van der Waals surface area contributed by atoms with Gasteiger partial charge in [-0.1, -0.05) is 0 Å². The Bertz CT molecular complexity index is 952. The SMILES string of the molecule is N#Cc1c(N)[nH]c(=O)c(C#N)c1-c1ccc(OC(F)(F)F)cc1O. The first kappa shape index (κ1) is 16.7. The second kappa shape index (κ2) is 5.85. The second-order valence-corrected chi connectivity index (χ2v) is 4.44. The molecule has 7 nitrogen and oxygen atoms in total. The number of alkyl halides is 3. The number of pyridine rings is 1. The Labute approximate surface area is 131 Å². The van der Waals surface area contributed by atoms with E-state index in [-0.39, 0.29) is 22.5 Å². The van der Waals surface area contributed by atoms with Crippen LogP contribution in [0.4, 0.5) is 19.0 Å². The number of ether oxygens (including phenoxy) is 1. The number of aromatic nitrogens is 1. The number of phenols is 1. The van der Waals surface area contributed by atoms with Gasteiger partial charge in [0.15, 0.2) is 0 Å². The molecule has 0 aliphatic rings. The van der Waals surface area contributed by atoms with Crippen LogP contribution in [0.2, 0.25) is 0 Å². The minimum atomic E-state index is -4.96. The van der Waals surface area contributed by atoms with E-state index < -0.39 is 29.0 Å². The van der Waals surface area contributed by atoms with Gasteiger partial charge in [-0.25, -0.2) is 0 Å². The Morgan fingerprint density at radius 2 is 1.83 bits per heavy atom. The smallest absolute Gasteiger partial charge is 0.507 e. The molecule has 1 aromatic heterocycles. The van der Waals surface area contributed by atoms with Crippen LogP contribution in [0.3, 0.4) is 0 Å². The molecule has 0 amide bonds. The number of hydrogen-bond donors (Lipinski definition) is 3. The van der Waals surface area contributed by atoms with Crippen LogP contribution >= 0.6 is 0 Å². The minimum Gasteiger partial charge on any atom is -0.507 e. The monoisotopic (exact) mass is 336 g/mol. The number of halogens is 3. The highest BCUT2D eigenvalue weighted by atomic mass is 19.4. The Morgan fingerprint density at radius 3 is 2.33 bits per heavy atom. The lowest BCUT2D eigenvalue weighted by Crippen LogP contribution is -2.17. The van der Waals surface area contributed by atoms with Crippen LogP contribution < -0.4 is 16.0 Å². The molecule has 10 heteroatoms. The zero-order valence-electron chi connectivity index (χ0n) is 11.6. The first-order valence-corrected chi connectivity index (χ1v) is 6.13. The van der Waals surface area contributed by atoms with E-state index in [4.69, 9.17) is 16.3 Å². The predicted molar refractivity (Wildman–Crippen MR) is 74.7 cm³/mol. The molecule has 0 spiro atoms. The van der Waals surface area contributed by atoms with Crippen LogP contribution in [-0.2, 0) is 0 Å². The average Bonchev–Trinajstić information content (AvgIpc) is 2.45. The van der Waals surface area contributed by atoms with Gasteiger partial charge >= 0.3 is 6.36 Å². The van der Waals surface area contributed by atoms with Gasteiger partial charge in [0.1, 0.15) is 40.6 Å². The van der Waals surface area contributed by atoms with E-state index >= 15 is 0 Å². The van der Waals surface area contributed by atoms with E-state index in [0.29, 0.717) is 6.07 Å². The highest BCUT2D eigenvalue weighted by Crippen LogP contribution is 2.37. The van der Waals surface area contributed by atoms with Gasteiger partial charge in [-0.05, 0) is 12.1 Å². The summed E-state index contributed by atoms with van der Waals surface area (Å²) in [6.07, 6.45) is -4.96. The van der Waals surface area contributed by atoms with Gasteiger partial charge in [0.05, 0.1) is 0 Å². The number of nitrogens with two attached hydrogens (primary N) is 1. The quantitative estimate of drug-likeness (QED) is 0.767. The highest BCUT2D eigenvalue weighted by molar-refractivity contribution is 5.83. The molecule has 0 fully saturated rings. The number of anilines is 1. The Kier molecular flexibility index (Phi) is 4.07. The molecule has 2 aromatic rings. The summed E-state index contributed by atoms with van der Waals surface area (Å²) in [5.74, 6) is -1.78. The maximum Gasteiger partial charge on any atom is 0.573 e. The van der Waals surface area contributed by atoms with Gasteiger partial charge in [0, 0.05) is 17.2 Å². The molecule has 24 heavy (non-hydrogen) atoms. The molecule has 0 atom stereocenters. The van der Waals surface area contributed by atoms with Crippen LogP contribution in [-0.4, -0.2) is 16.5 Å². The van der Waals surface area contributed by atoms with Gasteiger partial charge in [0.2, 0.25) is 0 Å². The van der Waals surface area contributed by atoms with Crippen LogP contribution in [0.5, 0.6) is 11.5 Å². The summed E-state index contributed by atoms with van der Waals surface area (Å²) in [4.78, 5) is 13.9. The maximum atomic E-state index is 12.2. The predicted octanol–water partition coefficient (Wildman–Crippen LogP) is 1.97. The van der Waals surface area contributed by atoms with Crippen LogP contribution in [0.15, 0.2) is 23.0 Å². The lowest BCUT2D eigenvalue weighted by molar-refractivity contribution is -0.274. The van der Waals surface area contributed by atoms with Crippen LogP contribution in [0.1, 0.15) is 11.1 Å². The van der Waals surface area contributed by atoms with E-state index in [1.807, 2.05) is 0 Å². The molecule has 0 bridgehead atoms. The summed E-state index contributed by atoms with van der Waals surface area (Å²) >= 11 is 0. The summed E-state index contributed by atoms with van der Waals surface area (Å²) in [5, 5.41) is 28.2. The third-order valence-corrected chi connectivity index (χ3v) is 2.94. The van der Waals surface area contributed by atoms with Gasteiger partial charge in [-0.15, -0.1) is 13.2 Å². The van der Waals surface area contributed by atoms with Gasteiger partial charge in [0.25, 0.3) is 5.56 Å². The molecule has 0 saturated carbocycles. The number of rotatable bonds is 2. The summed E-state index contributed by atoms with van der Waals surface area (Å²) in [7, 11) is 0. The van der Waals surface area contributed by atoms with Crippen molar-refractivity contribution in [1.29, 1.82) is 10.5 Å². The van der Waals surface area contributed by atoms with Crippen molar-refractivity contribution in [2.24, 2.45) is 0 Å². The molecule has 4 N–H and O–H groups in total. The molecular weight excluding hydrogens is 329 g/mol. The summed E-state index contributed by atoms with van der Waals surface area (Å²) in [6.45, 7) is 0. The third-order valence-electron chi connectivity index (χ3n) is 2.94. The van der Waals surface area contributed by atoms with Crippen LogP contribution in [0, 0.1) is 22.7 Å². The van der Waals surface area contributed by atoms with E-state index in [1.165, 1.54) is 0 Å².